The van der Waals surface area contributed by atoms with Crippen LogP contribution in [0.5, 0.6) is 28.7 Å². The summed E-state index contributed by atoms with van der Waals surface area (Å²) in [6.45, 7) is 0. The van der Waals surface area contributed by atoms with Crippen LogP contribution in [0.3, 0.4) is 0 Å². The van der Waals surface area contributed by atoms with Crippen LogP contribution in [-0.2, 0) is 0 Å². The number of rotatable bonds is 5. The van der Waals surface area contributed by atoms with Crippen LogP contribution in [0.25, 0.3) is 0 Å². The summed E-state index contributed by atoms with van der Waals surface area (Å²) in [5.74, 6) is 15.6. The Labute approximate surface area is 188 Å². The first-order chi connectivity index (χ1) is 15.6. The van der Waals surface area contributed by atoms with E-state index >= 15 is 0 Å². The monoisotopic (exact) mass is 428 g/mol. The van der Waals surface area contributed by atoms with Gasteiger partial charge in [-0.15, -0.1) is 0 Å². The molecule has 0 unspecified atom stereocenters. The Balaban J connectivity index is 1.79. The van der Waals surface area contributed by atoms with Gasteiger partial charge in [0.15, 0.2) is 23.0 Å². The molecule has 0 atom stereocenters. The first-order valence-electron chi connectivity index (χ1n) is 9.78. The first-order valence-corrected chi connectivity index (χ1v) is 9.78. The molecule has 0 aromatic heterocycles. The molecule has 0 aliphatic rings. The summed E-state index contributed by atoms with van der Waals surface area (Å²) in [5, 5.41) is 0. The van der Waals surface area contributed by atoms with E-state index in [2.05, 4.69) is 23.7 Å². The van der Waals surface area contributed by atoms with Gasteiger partial charge >= 0.3 is 0 Å². The van der Waals surface area contributed by atoms with E-state index in [1.165, 1.54) is 0 Å². The Hall–Kier alpha value is -4.22. The molecule has 0 bridgehead atoms. The number of hydrogen-bond acceptors (Lipinski definition) is 5. The van der Waals surface area contributed by atoms with Crippen LogP contribution in [-0.4, -0.2) is 35.5 Å². The predicted molar refractivity (Wildman–Crippen MR) is 124 cm³/mol. The van der Waals surface area contributed by atoms with Crippen LogP contribution >= 0.6 is 0 Å². The summed E-state index contributed by atoms with van der Waals surface area (Å²) in [4.78, 5) is 0. The van der Waals surface area contributed by atoms with Gasteiger partial charge in [0.2, 0.25) is 5.75 Å². The van der Waals surface area contributed by atoms with Crippen LogP contribution in [0.4, 0.5) is 0 Å². The topological polar surface area (TPSA) is 46.2 Å². The molecule has 0 aliphatic carbocycles. The summed E-state index contributed by atoms with van der Waals surface area (Å²) < 4.78 is 26.7. The first kappa shape index (κ1) is 22.5. The molecule has 32 heavy (non-hydrogen) atoms. The average Bonchev–Trinajstić information content (AvgIpc) is 2.85. The zero-order valence-corrected chi connectivity index (χ0v) is 18.7. The molecule has 3 aromatic rings. The van der Waals surface area contributed by atoms with Crippen molar-refractivity contribution in [1.82, 2.24) is 0 Å². The largest absolute Gasteiger partial charge is 0.493 e. The van der Waals surface area contributed by atoms with Gasteiger partial charge in [0.05, 0.1) is 35.5 Å². The van der Waals surface area contributed by atoms with E-state index in [0.717, 1.165) is 22.3 Å². The maximum atomic E-state index is 5.38. The molecular formula is C27H24O5. The molecule has 5 heteroatoms. The molecular weight excluding hydrogens is 404 g/mol. The highest BCUT2D eigenvalue weighted by Gasteiger charge is 2.12. The predicted octanol–water partition coefficient (Wildman–Crippen LogP) is 4.53. The smallest absolute Gasteiger partial charge is 0.203 e. The van der Waals surface area contributed by atoms with Crippen LogP contribution in [0.15, 0.2) is 54.6 Å². The van der Waals surface area contributed by atoms with Gasteiger partial charge in [0.25, 0.3) is 0 Å². The lowest BCUT2D eigenvalue weighted by atomic mass is 10.1. The summed E-state index contributed by atoms with van der Waals surface area (Å²) in [6.07, 6.45) is 0. The quantitative estimate of drug-likeness (QED) is 0.559. The summed E-state index contributed by atoms with van der Waals surface area (Å²) >= 11 is 0. The lowest BCUT2D eigenvalue weighted by Gasteiger charge is -2.12. The van der Waals surface area contributed by atoms with Crippen molar-refractivity contribution >= 4 is 0 Å². The van der Waals surface area contributed by atoms with Crippen molar-refractivity contribution < 1.29 is 23.7 Å². The highest BCUT2D eigenvalue weighted by Crippen LogP contribution is 2.38. The number of methoxy groups -OCH3 is 5. The van der Waals surface area contributed by atoms with E-state index in [-0.39, 0.29) is 0 Å². The maximum absolute atomic E-state index is 5.38. The van der Waals surface area contributed by atoms with Crippen molar-refractivity contribution in [1.29, 1.82) is 0 Å². The zero-order valence-electron chi connectivity index (χ0n) is 18.7. The van der Waals surface area contributed by atoms with Gasteiger partial charge in [-0.05, 0) is 54.6 Å². The molecule has 3 aromatic carbocycles. The third kappa shape index (κ3) is 5.28. The molecule has 0 amide bonds. The van der Waals surface area contributed by atoms with Gasteiger partial charge in [-0.3, -0.25) is 0 Å². The van der Waals surface area contributed by atoms with Gasteiger partial charge in [-0.25, -0.2) is 0 Å². The highest BCUT2D eigenvalue weighted by molar-refractivity contribution is 5.58. The second-order valence-electron chi connectivity index (χ2n) is 6.56. The number of hydrogen-bond donors (Lipinski definition) is 0. The average molecular weight is 428 g/mol. The lowest BCUT2D eigenvalue weighted by molar-refractivity contribution is 0.324. The molecule has 5 nitrogen and oxygen atoms in total. The molecule has 0 spiro atoms. The van der Waals surface area contributed by atoms with Crippen LogP contribution in [0.2, 0.25) is 0 Å². The van der Waals surface area contributed by atoms with E-state index in [0.29, 0.717) is 28.7 Å². The Morgan fingerprint density at radius 3 is 1.28 bits per heavy atom. The Morgan fingerprint density at radius 2 is 0.812 bits per heavy atom. The fraction of sp³-hybridized carbons (Fsp3) is 0.185. The maximum Gasteiger partial charge on any atom is 0.203 e. The number of benzene rings is 3. The van der Waals surface area contributed by atoms with E-state index < -0.39 is 0 Å². The van der Waals surface area contributed by atoms with E-state index in [1.54, 1.807) is 35.5 Å². The third-order valence-corrected chi connectivity index (χ3v) is 4.64. The van der Waals surface area contributed by atoms with E-state index in [4.69, 9.17) is 23.7 Å². The summed E-state index contributed by atoms with van der Waals surface area (Å²) in [6, 6.07) is 17.0. The van der Waals surface area contributed by atoms with Crippen LogP contribution in [0.1, 0.15) is 22.3 Å². The molecule has 162 valence electrons. The van der Waals surface area contributed by atoms with Gasteiger partial charge < -0.3 is 23.7 Å². The van der Waals surface area contributed by atoms with Crippen molar-refractivity contribution in [3.05, 3.63) is 76.9 Å². The van der Waals surface area contributed by atoms with Crippen molar-refractivity contribution in [2.75, 3.05) is 35.5 Å². The molecule has 0 N–H and O–H groups in total. The number of ether oxygens (including phenoxy) is 5. The Morgan fingerprint density at radius 1 is 0.406 bits per heavy atom. The van der Waals surface area contributed by atoms with Gasteiger partial charge in [0, 0.05) is 22.3 Å². The lowest BCUT2D eigenvalue weighted by Crippen LogP contribution is -1.95. The van der Waals surface area contributed by atoms with Gasteiger partial charge in [0.1, 0.15) is 0 Å². The summed E-state index contributed by atoms with van der Waals surface area (Å²) in [7, 11) is 7.94. The minimum atomic E-state index is 0.540. The van der Waals surface area contributed by atoms with E-state index in [1.807, 2.05) is 54.6 Å². The molecule has 0 saturated heterocycles. The van der Waals surface area contributed by atoms with Gasteiger partial charge in [-0.1, -0.05) is 23.7 Å². The fourth-order valence-electron chi connectivity index (χ4n) is 2.99. The van der Waals surface area contributed by atoms with Crippen LogP contribution < -0.4 is 23.7 Å². The van der Waals surface area contributed by atoms with Crippen molar-refractivity contribution in [2.45, 2.75) is 0 Å². The molecule has 0 heterocycles. The molecule has 0 radical (unpaired) electrons. The minimum absolute atomic E-state index is 0.540. The van der Waals surface area contributed by atoms with E-state index in [9.17, 15) is 0 Å². The molecule has 0 saturated carbocycles. The zero-order chi connectivity index (χ0) is 22.9. The SMILES string of the molecule is COc1ccc(C#Cc2ccc(C#Cc3cc(OC)c(OC)c(OC)c3)cc2)cc1OC. The van der Waals surface area contributed by atoms with Gasteiger partial charge in [-0.2, -0.15) is 0 Å². The minimum Gasteiger partial charge on any atom is -0.493 e. The molecule has 0 fully saturated rings. The summed E-state index contributed by atoms with van der Waals surface area (Å²) in [5.41, 5.74) is 3.36. The fourth-order valence-corrected chi connectivity index (χ4v) is 2.99. The Bertz CT molecular complexity index is 1180. The van der Waals surface area contributed by atoms with Crippen LogP contribution in [0, 0.1) is 23.7 Å². The second-order valence-corrected chi connectivity index (χ2v) is 6.56. The standard InChI is InChI=1S/C27H24O5/c1-28-23-15-14-21(16-24(23)29-2)12-10-19-6-8-20(9-7-19)11-13-22-17-25(30-3)27(32-5)26(18-22)31-4/h6-9,14-18H,1-5H3. The normalized spacial score (nSPS) is 9.53. The highest BCUT2D eigenvalue weighted by atomic mass is 16.5. The Kier molecular flexibility index (Phi) is 7.51. The van der Waals surface area contributed by atoms with Crippen molar-refractivity contribution in [2.24, 2.45) is 0 Å². The molecule has 0 aliphatic heterocycles. The molecule has 3 rings (SSSR count). The third-order valence-electron chi connectivity index (χ3n) is 4.64. The second kappa shape index (κ2) is 10.7. The van der Waals surface area contributed by atoms with Crippen molar-refractivity contribution in [3.8, 4) is 52.4 Å². The van der Waals surface area contributed by atoms with Crippen molar-refractivity contribution in [3.63, 3.8) is 0 Å².